The molecule has 4 amide bonds. The Morgan fingerprint density at radius 2 is 1.63 bits per heavy atom. The van der Waals surface area contributed by atoms with E-state index in [-0.39, 0.29) is 19.4 Å². The first-order chi connectivity index (χ1) is 20.1. The lowest BCUT2D eigenvalue weighted by Gasteiger charge is -2.36. The fraction of sp³-hybridized carbons (Fsp3) is 0.656. The molecule has 7 atom stereocenters. The Kier molecular flexibility index (Phi) is 11.3. The summed E-state index contributed by atoms with van der Waals surface area (Å²) in [5.41, 5.74) is 0.0713. The standard InChI is InChI=1S/C32H47FN4O6/c1-8-12-24(26(38)29(40)34-19(4)20-13-10-9-11-14-20)35-28(39)25-21-15-16-23(33)22(21)17-37(25)30(41)27(32(5,6)7)36-31(42)43-18(2)3/h9-11,13-14,18-19,21-25,27H,8,12,15-17H2,1-7H3,(H,34,40)(H,35,39)(H,36,42)/t19-,21+,22+,23-,24?,25-,27+/m0/s1. The van der Waals surface area contributed by atoms with Crippen molar-refractivity contribution in [2.24, 2.45) is 17.3 Å². The largest absolute Gasteiger partial charge is 0.447 e. The fourth-order valence-electron chi connectivity index (χ4n) is 6.07. The number of amides is 4. The molecule has 10 nitrogen and oxygen atoms in total. The second-order valence-electron chi connectivity index (χ2n) is 13.1. The highest BCUT2D eigenvalue weighted by Crippen LogP contribution is 2.44. The molecule has 0 aromatic heterocycles. The lowest BCUT2D eigenvalue weighted by molar-refractivity contribution is -0.144. The van der Waals surface area contributed by atoms with E-state index >= 15 is 0 Å². The van der Waals surface area contributed by atoms with E-state index in [0.717, 1.165) is 5.56 Å². The molecule has 1 heterocycles. The van der Waals surface area contributed by atoms with Crippen LogP contribution in [-0.2, 0) is 23.9 Å². The van der Waals surface area contributed by atoms with Gasteiger partial charge in [-0.25, -0.2) is 9.18 Å². The summed E-state index contributed by atoms with van der Waals surface area (Å²) in [6.45, 7) is 12.3. The minimum Gasteiger partial charge on any atom is -0.447 e. The number of carbonyl (C=O) groups excluding carboxylic acids is 5. The van der Waals surface area contributed by atoms with Gasteiger partial charge in [0.05, 0.1) is 18.2 Å². The molecule has 1 unspecified atom stereocenters. The summed E-state index contributed by atoms with van der Waals surface area (Å²) in [7, 11) is 0. The van der Waals surface area contributed by atoms with Crippen LogP contribution in [0.4, 0.5) is 9.18 Å². The second kappa shape index (κ2) is 14.3. The third-order valence-corrected chi connectivity index (χ3v) is 8.29. The van der Waals surface area contributed by atoms with Crippen molar-refractivity contribution in [3.05, 3.63) is 35.9 Å². The van der Waals surface area contributed by atoms with Crippen LogP contribution in [0, 0.1) is 17.3 Å². The van der Waals surface area contributed by atoms with Crippen LogP contribution >= 0.6 is 0 Å². The van der Waals surface area contributed by atoms with E-state index in [9.17, 15) is 28.4 Å². The number of nitrogens with zero attached hydrogens (tertiary/aromatic N) is 1. The first-order valence-electron chi connectivity index (χ1n) is 15.3. The van der Waals surface area contributed by atoms with Gasteiger partial charge in [0.2, 0.25) is 17.6 Å². The van der Waals surface area contributed by atoms with Crippen LogP contribution in [0.15, 0.2) is 30.3 Å². The first kappa shape index (κ1) is 34.0. The highest BCUT2D eigenvalue weighted by atomic mass is 19.1. The van der Waals surface area contributed by atoms with Crippen molar-refractivity contribution >= 4 is 29.6 Å². The van der Waals surface area contributed by atoms with E-state index in [1.165, 1.54) is 4.90 Å². The summed E-state index contributed by atoms with van der Waals surface area (Å²) in [5, 5.41) is 8.08. The van der Waals surface area contributed by atoms with Crippen LogP contribution in [0.2, 0.25) is 0 Å². The fourth-order valence-corrected chi connectivity index (χ4v) is 6.07. The molecule has 0 radical (unpaired) electrons. The van der Waals surface area contributed by atoms with E-state index in [1.807, 2.05) is 37.3 Å². The highest BCUT2D eigenvalue weighted by molar-refractivity contribution is 6.38. The van der Waals surface area contributed by atoms with Crippen LogP contribution in [0.5, 0.6) is 0 Å². The molecule has 11 heteroatoms. The van der Waals surface area contributed by atoms with Gasteiger partial charge in [-0.05, 0) is 56.9 Å². The van der Waals surface area contributed by atoms with Crippen LogP contribution in [0.1, 0.15) is 85.8 Å². The molecule has 2 fully saturated rings. The molecule has 1 aromatic carbocycles. The Morgan fingerprint density at radius 1 is 0.977 bits per heavy atom. The van der Waals surface area contributed by atoms with Gasteiger partial charge in [-0.3, -0.25) is 19.2 Å². The minimum atomic E-state index is -1.18. The van der Waals surface area contributed by atoms with Crippen LogP contribution in [0.3, 0.4) is 0 Å². The van der Waals surface area contributed by atoms with Gasteiger partial charge < -0.3 is 25.6 Å². The van der Waals surface area contributed by atoms with Crippen molar-refractivity contribution in [2.75, 3.05) is 6.54 Å². The maximum atomic E-state index is 15.0. The predicted molar refractivity (Wildman–Crippen MR) is 159 cm³/mol. The number of benzene rings is 1. The van der Waals surface area contributed by atoms with Crippen molar-refractivity contribution in [3.63, 3.8) is 0 Å². The summed E-state index contributed by atoms with van der Waals surface area (Å²) in [4.78, 5) is 67.9. The van der Waals surface area contributed by atoms with Gasteiger partial charge in [0.1, 0.15) is 18.3 Å². The van der Waals surface area contributed by atoms with E-state index in [2.05, 4.69) is 16.0 Å². The number of nitrogens with one attached hydrogen (secondary N) is 3. The molecule has 1 aliphatic carbocycles. The maximum Gasteiger partial charge on any atom is 0.408 e. The summed E-state index contributed by atoms with van der Waals surface area (Å²) in [5.74, 6) is -3.74. The normalized spacial score (nSPS) is 23.6. The molecular weight excluding hydrogens is 555 g/mol. The molecule has 0 spiro atoms. The molecule has 1 saturated heterocycles. The van der Waals surface area contributed by atoms with E-state index in [4.69, 9.17) is 4.74 Å². The second-order valence-corrected chi connectivity index (χ2v) is 13.1. The molecule has 1 aliphatic heterocycles. The average molecular weight is 603 g/mol. The van der Waals surface area contributed by atoms with Gasteiger partial charge in [0.15, 0.2) is 0 Å². The zero-order valence-electron chi connectivity index (χ0n) is 26.3. The zero-order chi connectivity index (χ0) is 32.1. The van der Waals surface area contributed by atoms with Gasteiger partial charge in [-0.2, -0.15) is 0 Å². The Labute approximate surface area is 253 Å². The van der Waals surface area contributed by atoms with Crippen LogP contribution in [-0.4, -0.2) is 71.4 Å². The van der Waals surface area contributed by atoms with E-state index < -0.39 is 83.3 Å². The van der Waals surface area contributed by atoms with E-state index in [1.54, 1.807) is 41.5 Å². The summed E-state index contributed by atoms with van der Waals surface area (Å²) < 4.78 is 20.2. The minimum absolute atomic E-state index is 0.0116. The maximum absolute atomic E-state index is 15.0. The van der Waals surface area contributed by atoms with Crippen molar-refractivity contribution in [1.82, 2.24) is 20.9 Å². The first-order valence-corrected chi connectivity index (χ1v) is 15.3. The molecule has 2 aliphatic rings. The Hall–Kier alpha value is -3.50. The molecule has 43 heavy (non-hydrogen) atoms. The molecule has 1 aromatic rings. The number of alkyl carbamates (subject to hydrolysis) is 1. The van der Waals surface area contributed by atoms with Crippen molar-refractivity contribution in [3.8, 4) is 0 Å². The quantitative estimate of drug-likeness (QED) is 0.330. The summed E-state index contributed by atoms with van der Waals surface area (Å²) in [6, 6.07) is 5.55. The van der Waals surface area contributed by atoms with Crippen LogP contribution in [0.25, 0.3) is 0 Å². The third kappa shape index (κ3) is 8.32. The number of alkyl halides is 1. The number of hydrogen-bond donors (Lipinski definition) is 3. The number of Topliss-reactive ketones (excluding diaryl/α,β-unsaturated/α-hetero) is 1. The smallest absolute Gasteiger partial charge is 0.408 e. The number of ketones is 1. The molecule has 3 rings (SSSR count). The van der Waals surface area contributed by atoms with Gasteiger partial charge in [0.25, 0.3) is 5.91 Å². The lowest BCUT2D eigenvalue weighted by atomic mass is 9.85. The van der Waals surface area contributed by atoms with Gasteiger partial charge >= 0.3 is 6.09 Å². The number of ether oxygens (including phenoxy) is 1. The SMILES string of the molecule is CCCC(NC(=O)[C@@H]1[C@@H]2CC[C@H](F)[C@@H]2CN1C(=O)[C@@H](NC(=O)OC(C)C)C(C)(C)C)C(=O)C(=O)N[C@@H](C)c1ccccc1. The predicted octanol–water partition coefficient (Wildman–Crippen LogP) is 3.84. The number of rotatable bonds is 11. The summed E-state index contributed by atoms with van der Waals surface area (Å²) >= 11 is 0. The Balaban J connectivity index is 1.82. The number of hydrogen-bond acceptors (Lipinski definition) is 6. The van der Waals surface area contributed by atoms with Crippen molar-refractivity contribution in [2.45, 2.75) is 111 Å². The van der Waals surface area contributed by atoms with Gasteiger partial charge in [-0.1, -0.05) is 64.4 Å². The molecule has 238 valence electrons. The van der Waals surface area contributed by atoms with Crippen molar-refractivity contribution in [1.29, 1.82) is 0 Å². The number of carbonyl (C=O) groups is 5. The Bertz CT molecular complexity index is 1170. The molecular formula is C32H47FN4O6. The average Bonchev–Trinajstić information content (AvgIpc) is 3.49. The van der Waals surface area contributed by atoms with Gasteiger partial charge in [0, 0.05) is 12.5 Å². The number of fused-ring (bicyclic) bond motifs is 1. The lowest BCUT2D eigenvalue weighted by Crippen LogP contribution is -2.60. The van der Waals surface area contributed by atoms with E-state index in [0.29, 0.717) is 12.8 Å². The molecule has 3 N–H and O–H groups in total. The highest BCUT2D eigenvalue weighted by Gasteiger charge is 2.55. The van der Waals surface area contributed by atoms with Crippen molar-refractivity contribution < 1.29 is 33.1 Å². The third-order valence-electron chi connectivity index (χ3n) is 8.29. The number of halogens is 1. The molecule has 0 bridgehead atoms. The number of likely N-dealkylation sites (tertiary alicyclic amines) is 1. The molecule has 1 saturated carbocycles. The van der Waals surface area contributed by atoms with Gasteiger partial charge in [-0.15, -0.1) is 0 Å². The monoisotopic (exact) mass is 602 g/mol. The topological polar surface area (TPSA) is 134 Å². The van der Waals surface area contributed by atoms with Crippen LogP contribution < -0.4 is 16.0 Å². The zero-order valence-corrected chi connectivity index (χ0v) is 26.3. The summed E-state index contributed by atoms with van der Waals surface area (Å²) in [6.07, 6.45) is -0.949. The Morgan fingerprint density at radius 3 is 2.21 bits per heavy atom.